The quantitative estimate of drug-likeness (QED) is 0.166. The van der Waals surface area contributed by atoms with E-state index >= 15 is 0 Å². The normalized spacial score (nSPS) is 22.4. The molecule has 3 aromatic carbocycles. The second-order valence-electron chi connectivity index (χ2n) is 15.2. The molecule has 2 aliphatic carbocycles. The van der Waals surface area contributed by atoms with Crippen LogP contribution in [0.1, 0.15) is 76.8 Å². The van der Waals surface area contributed by atoms with E-state index in [4.69, 9.17) is 23.9 Å². The van der Waals surface area contributed by atoms with E-state index in [2.05, 4.69) is 53.1 Å². The third-order valence-corrected chi connectivity index (χ3v) is 12.1. The highest BCUT2D eigenvalue weighted by Gasteiger charge is 2.38. The zero-order chi connectivity index (χ0) is 37.1. The summed E-state index contributed by atoms with van der Waals surface area (Å²) in [6.45, 7) is 5.53. The number of likely N-dealkylation sites (tertiary alicyclic amines) is 2. The number of nitrogens with zero attached hydrogens (tertiary/aromatic N) is 5. The van der Waals surface area contributed by atoms with E-state index < -0.39 is 5.97 Å². The van der Waals surface area contributed by atoms with Crippen LogP contribution in [-0.4, -0.2) is 75.3 Å². The molecule has 4 heterocycles. The first-order valence-corrected chi connectivity index (χ1v) is 19.0. The lowest BCUT2D eigenvalue weighted by molar-refractivity contribution is -0.141. The van der Waals surface area contributed by atoms with Gasteiger partial charge < -0.3 is 24.1 Å². The number of ether oxygens (including phenoxy) is 2. The van der Waals surface area contributed by atoms with E-state index in [0.717, 1.165) is 89.7 Å². The van der Waals surface area contributed by atoms with Crippen molar-refractivity contribution in [2.24, 2.45) is 5.92 Å². The van der Waals surface area contributed by atoms with E-state index in [9.17, 15) is 20.3 Å². The summed E-state index contributed by atoms with van der Waals surface area (Å²) < 4.78 is 18.6. The van der Waals surface area contributed by atoms with Crippen LogP contribution in [0.2, 0.25) is 0 Å². The van der Waals surface area contributed by atoms with Gasteiger partial charge in [-0.3, -0.25) is 14.6 Å². The molecular formula is C43H43N5O6. The molecule has 5 aromatic rings. The van der Waals surface area contributed by atoms with Crippen molar-refractivity contribution in [2.75, 3.05) is 33.3 Å². The molecule has 0 bridgehead atoms. The Morgan fingerprint density at radius 2 is 1.78 bits per heavy atom. The summed E-state index contributed by atoms with van der Waals surface area (Å²) in [5, 5.41) is 29.9. The summed E-state index contributed by atoms with van der Waals surface area (Å²) in [4.78, 5) is 25.8. The van der Waals surface area contributed by atoms with E-state index in [1.165, 1.54) is 5.56 Å². The zero-order valence-electron chi connectivity index (χ0n) is 30.5. The molecule has 2 fully saturated rings. The van der Waals surface area contributed by atoms with Gasteiger partial charge in [-0.1, -0.05) is 30.3 Å². The highest BCUT2D eigenvalue weighted by atomic mass is 16.5. The van der Waals surface area contributed by atoms with Gasteiger partial charge >= 0.3 is 5.97 Å². The third kappa shape index (κ3) is 5.99. The maximum atomic E-state index is 11.7. The molecule has 4 aliphatic rings. The van der Waals surface area contributed by atoms with E-state index in [1.54, 1.807) is 7.11 Å². The van der Waals surface area contributed by atoms with Crippen molar-refractivity contribution in [3.05, 3.63) is 93.5 Å². The van der Waals surface area contributed by atoms with Gasteiger partial charge in [-0.05, 0) is 109 Å². The number of carboxylic acid groups (broad SMARTS) is 1. The standard InChI is InChI=1S/C43H43N5O6/c1-24-28(30-7-4-8-33-31(30)11-13-38(33)53-39-14-9-25(41(46-39)52-2)21-47-17-16-27(49)23-47)5-3-6-29(24)42-45-36-19-34-32(35(20-44)40(36)54-42)10-12-37(34)48-18-15-26(22-48)43(50)51/h3-9,14,19,26-27,37-38,49H,10-13,15-18,21-23H2,1-2H3,(H,50,51)/t26-,27-,37-,38+/m1/s1. The summed E-state index contributed by atoms with van der Waals surface area (Å²) in [6.07, 6.45) is 4.28. The number of aliphatic carboxylic acids is 1. The maximum absolute atomic E-state index is 11.7. The average molecular weight is 726 g/mol. The molecule has 2 saturated heterocycles. The molecular weight excluding hydrogens is 683 g/mol. The van der Waals surface area contributed by atoms with Gasteiger partial charge in [0.25, 0.3) is 0 Å². The van der Waals surface area contributed by atoms with Crippen LogP contribution in [0.5, 0.6) is 11.8 Å². The number of aliphatic hydroxyl groups excluding tert-OH is 1. The molecule has 0 saturated carbocycles. The fourth-order valence-corrected chi connectivity index (χ4v) is 9.32. The molecule has 2 N–H and O–H groups in total. The molecule has 0 spiro atoms. The molecule has 11 nitrogen and oxygen atoms in total. The largest absolute Gasteiger partial charge is 0.481 e. The molecule has 2 aliphatic heterocycles. The molecule has 2 aromatic heterocycles. The molecule has 11 heteroatoms. The molecule has 0 amide bonds. The Bertz CT molecular complexity index is 2330. The first-order chi connectivity index (χ1) is 26.3. The topological polar surface area (TPSA) is 145 Å². The highest BCUT2D eigenvalue weighted by molar-refractivity contribution is 5.86. The lowest BCUT2D eigenvalue weighted by Gasteiger charge is -2.24. The van der Waals surface area contributed by atoms with Crippen molar-refractivity contribution in [2.45, 2.75) is 70.2 Å². The van der Waals surface area contributed by atoms with Gasteiger partial charge in [0.2, 0.25) is 17.7 Å². The summed E-state index contributed by atoms with van der Waals surface area (Å²) >= 11 is 0. The number of carboxylic acids is 1. The number of β-amino-alcohol motifs (C(OH)–C–C–N with tert-alkyl or cyclic N) is 1. The van der Waals surface area contributed by atoms with Crippen LogP contribution in [0.3, 0.4) is 0 Å². The number of methoxy groups -OCH3 is 1. The van der Waals surface area contributed by atoms with Gasteiger partial charge in [0.05, 0.1) is 19.1 Å². The monoisotopic (exact) mass is 725 g/mol. The number of oxazole rings is 1. The van der Waals surface area contributed by atoms with E-state index in [1.807, 2.05) is 24.3 Å². The molecule has 54 heavy (non-hydrogen) atoms. The van der Waals surface area contributed by atoms with Crippen LogP contribution >= 0.6 is 0 Å². The predicted molar refractivity (Wildman–Crippen MR) is 201 cm³/mol. The average Bonchev–Trinajstić information content (AvgIpc) is 4.02. The Labute approximate surface area is 313 Å². The number of fused-ring (bicyclic) bond motifs is 3. The lowest BCUT2D eigenvalue weighted by Crippen LogP contribution is -2.26. The number of carbonyl (C=O) groups is 1. The van der Waals surface area contributed by atoms with Gasteiger partial charge in [-0.25, -0.2) is 4.98 Å². The second kappa shape index (κ2) is 13.9. The highest BCUT2D eigenvalue weighted by Crippen LogP contribution is 2.45. The summed E-state index contributed by atoms with van der Waals surface area (Å²) in [5.41, 5.74) is 11.3. The smallest absolute Gasteiger partial charge is 0.307 e. The maximum Gasteiger partial charge on any atom is 0.307 e. The van der Waals surface area contributed by atoms with Gasteiger partial charge in [0.1, 0.15) is 23.3 Å². The Balaban J connectivity index is 0.990. The van der Waals surface area contributed by atoms with Crippen molar-refractivity contribution in [1.82, 2.24) is 19.8 Å². The Kier molecular flexibility index (Phi) is 8.85. The SMILES string of the molecule is COc1nc(O[C@H]2CCc3c(-c4cccc(-c5nc6cc7c(c(C#N)c6o5)CC[C@H]7N5CC[C@@H](C(=O)O)C5)c4C)cccc32)ccc1CN1CC[C@@H](O)C1. The minimum atomic E-state index is -0.743. The number of rotatable bonds is 9. The fraction of sp³-hybridized carbons (Fsp3) is 0.395. The van der Waals surface area contributed by atoms with E-state index in [0.29, 0.717) is 60.4 Å². The number of aromatic nitrogens is 2. The summed E-state index contributed by atoms with van der Waals surface area (Å²) in [5.74, 6) is 0.443. The number of nitriles is 1. The van der Waals surface area contributed by atoms with Gasteiger partial charge in [-0.2, -0.15) is 10.2 Å². The van der Waals surface area contributed by atoms with Crippen molar-refractivity contribution in [3.8, 4) is 40.4 Å². The summed E-state index contributed by atoms with van der Waals surface area (Å²) in [6, 6.07) is 21.0. The van der Waals surface area contributed by atoms with Crippen molar-refractivity contribution < 1.29 is 28.9 Å². The van der Waals surface area contributed by atoms with Crippen LogP contribution < -0.4 is 9.47 Å². The number of aliphatic hydroxyl groups is 1. The van der Waals surface area contributed by atoms with Gasteiger partial charge in [-0.15, -0.1) is 0 Å². The number of hydrogen-bond acceptors (Lipinski definition) is 10. The number of pyridine rings is 1. The third-order valence-electron chi connectivity index (χ3n) is 12.1. The van der Waals surface area contributed by atoms with Gasteiger partial charge in [0.15, 0.2) is 5.58 Å². The predicted octanol–water partition coefficient (Wildman–Crippen LogP) is 6.77. The van der Waals surface area contributed by atoms with Crippen molar-refractivity contribution in [1.29, 1.82) is 5.26 Å². The van der Waals surface area contributed by atoms with Gasteiger partial charge in [0, 0.05) is 49.4 Å². The van der Waals surface area contributed by atoms with Crippen LogP contribution in [0.4, 0.5) is 0 Å². The van der Waals surface area contributed by atoms with Crippen molar-refractivity contribution >= 4 is 17.1 Å². The second-order valence-corrected chi connectivity index (χ2v) is 15.2. The van der Waals surface area contributed by atoms with Crippen LogP contribution in [-0.2, 0) is 24.2 Å². The minimum Gasteiger partial charge on any atom is -0.481 e. The Morgan fingerprint density at radius 1 is 0.963 bits per heavy atom. The zero-order valence-corrected chi connectivity index (χ0v) is 30.5. The molecule has 0 unspecified atom stereocenters. The molecule has 0 radical (unpaired) electrons. The van der Waals surface area contributed by atoms with Crippen LogP contribution in [0, 0.1) is 24.2 Å². The first kappa shape index (κ1) is 34.5. The molecule has 9 rings (SSSR count). The molecule has 4 atom stereocenters. The molecule has 276 valence electrons. The Hall–Kier alpha value is -5.28. The van der Waals surface area contributed by atoms with Crippen LogP contribution in [0.15, 0.2) is 59.0 Å². The number of benzene rings is 3. The Morgan fingerprint density at radius 3 is 2.56 bits per heavy atom. The van der Waals surface area contributed by atoms with Crippen LogP contribution in [0.25, 0.3) is 33.7 Å². The number of hydrogen-bond donors (Lipinski definition) is 2. The summed E-state index contributed by atoms with van der Waals surface area (Å²) in [7, 11) is 1.63. The fourth-order valence-electron chi connectivity index (χ4n) is 9.32. The van der Waals surface area contributed by atoms with E-state index in [-0.39, 0.29) is 24.2 Å². The first-order valence-electron chi connectivity index (χ1n) is 19.0. The lowest BCUT2D eigenvalue weighted by atomic mass is 9.91. The minimum absolute atomic E-state index is 0.0758. The van der Waals surface area contributed by atoms with Crippen molar-refractivity contribution in [3.63, 3.8) is 0 Å².